The molecule has 0 radical (unpaired) electrons. The van der Waals surface area contributed by atoms with E-state index in [1.54, 1.807) is 0 Å². The van der Waals surface area contributed by atoms with Crippen LogP contribution in [0.5, 0.6) is 0 Å². The summed E-state index contributed by atoms with van der Waals surface area (Å²) in [6, 6.07) is 0. The van der Waals surface area contributed by atoms with Crippen molar-refractivity contribution in [2.75, 3.05) is 13.1 Å². The fraction of sp³-hybridized carbons (Fsp3) is 0.917. The van der Waals surface area contributed by atoms with E-state index in [0.717, 1.165) is 12.8 Å². The first-order valence-corrected chi connectivity index (χ1v) is 6.22. The van der Waals surface area contributed by atoms with Gasteiger partial charge in [-0.1, -0.05) is 19.8 Å². The SMILES string of the molecule is C[C@@H]1CCC[C@](CNCC(F)(F)F)(CC(=O)O)C1. The second kappa shape index (κ2) is 5.91. The van der Waals surface area contributed by atoms with Crippen molar-refractivity contribution >= 4 is 5.97 Å². The molecule has 1 fully saturated rings. The van der Waals surface area contributed by atoms with E-state index in [1.807, 2.05) is 6.92 Å². The molecule has 2 N–H and O–H groups in total. The van der Waals surface area contributed by atoms with Crippen molar-refractivity contribution in [1.29, 1.82) is 0 Å². The molecule has 106 valence electrons. The van der Waals surface area contributed by atoms with Gasteiger partial charge < -0.3 is 10.4 Å². The van der Waals surface area contributed by atoms with Gasteiger partial charge in [0.05, 0.1) is 13.0 Å². The molecule has 0 amide bonds. The normalized spacial score (nSPS) is 29.2. The minimum Gasteiger partial charge on any atom is -0.481 e. The molecule has 3 nitrogen and oxygen atoms in total. The Morgan fingerprint density at radius 1 is 1.50 bits per heavy atom. The predicted octanol–water partition coefficient (Wildman–Crippen LogP) is 2.81. The maximum Gasteiger partial charge on any atom is 0.401 e. The van der Waals surface area contributed by atoms with E-state index in [-0.39, 0.29) is 13.0 Å². The number of halogens is 3. The van der Waals surface area contributed by atoms with Crippen molar-refractivity contribution in [1.82, 2.24) is 5.32 Å². The molecule has 0 bridgehead atoms. The zero-order valence-electron chi connectivity index (χ0n) is 10.5. The van der Waals surface area contributed by atoms with E-state index in [1.165, 1.54) is 0 Å². The summed E-state index contributed by atoms with van der Waals surface area (Å²) in [7, 11) is 0. The van der Waals surface area contributed by atoms with Crippen LogP contribution in [0.4, 0.5) is 13.2 Å². The number of hydrogen-bond acceptors (Lipinski definition) is 2. The van der Waals surface area contributed by atoms with Crippen LogP contribution in [0, 0.1) is 11.3 Å². The molecule has 0 spiro atoms. The van der Waals surface area contributed by atoms with Gasteiger partial charge in [0.15, 0.2) is 0 Å². The van der Waals surface area contributed by atoms with Crippen LogP contribution in [0.3, 0.4) is 0 Å². The maximum absolute atomic E-state index is 12.1. The minimum absolute atomic E-state index is 0.0534. The van der Waals surface area contributed by atoms with Crippen LogP contribution in [-0.2, 0) is 4.79 Å². The molecule has 1 aliphatic carbocycles. The van der Waals surface area contributed by atoms with Crippen LogP contribution in [0.2, 0.25) is 0 Å². The summed E-state index contributed by atoms with van der Waals surface area (Å²) in [4.78, 5) is 10.9. The number of carbonyl (C=O) groups is 1. The van der Waals surface area contributed by atoms with E-state index in [0.29, 0.717) is 18.8 Å². The average Bonchev–Trinajstić information content (AvgIpc) is 2.13. The van der Waals surface area contributed by atoms with Crippen molar-refractivity contribution in [3.05, 3.63) is 0 Å². The molecule has 0 aromatic carbocycles. The summed E-state index contributed by atoms with van der Waals surface area (Å²) in [5, 5.41) is 11.3. The van der Waals surface area contributed by atoms with Gasteiger partial charge in [0.1, 0.15) is 0 Å². The Labute approximate surface area is 105 Å². The Morgan fingerprint density at radius 2 is 2.17 bits per heavy atom. The van der Waals surface area contributed by atoms with Gasteiger partial charge in [0.25, 0.3) is 0 Å². The molecule has 2 atom stereocenters. The molecule has 1 aliphatic rings. The van der Waals surface area contributed by atoms with Gasteiger partial charge in [-0.2, -0.15) is 13.2 Å². The molecular weight excluding hydrogens is 247 g/mol. The van der Waals surface area contributed by atoms with Gasteiger partial charge in [0.2, 0.25) is 0 Å². The molecule has 0 aromatic heterocycles. The Hall–Kier alpha value is -0.780. The van der Waals surface area contributed by atoms with E-state index in [9.17, 15) is 18.0 Å². The van der Waals surface area contributed by atoms with Gasteiger partial charge >= 0.3 is 12.1 Å². The number of nitrogens with one attached hydrogen (secondary N) is 1. The summed E-state index contributed by atoms with van der Waals surface area (Å²) in [6.07, 6.45) is -1.01. The zero-order valence-corrected chi connectivity index (χ0v) is 10.5. The third kappa shape index (κ3) is 5.25. The number of rotatable bonds is 5. The molecule has 0 saturated heterocycles. The van der Waals surface area contributed by atoms with Gasteiger partial charge in [0, 0.05) is 6.54 Å². The molecule has 0 aromatic rings. The third-order valence-electron chi connectivity index (χ3n) is 3.54. The smallest absolute Gasteiger partial charge is 0.401 e. The molecule has 1 rings (SSSR count). The molecule has 18 heavy (non-hydrogen) atoms. The summed E-state index contributed by atoms with van der Waals surface area (Å²) in [5.41, 5.74) is -0.519. The Kier molecular flexibility index (Phi) is 5.01. The van der Waals surface area contributed by atoms with Gasteiger partial charge in [-0.25, -0.2) is 0 Å². The van der Waals surface area contributed by atoms with Crippen LogP contribution in [0.1, 0.15) is 39.0 Å². The highest BCUT2D eigenvalue weighted by molar-refractivity contribution is 5.67. The van der Waals surface area contributed by atoms with E-state index in [4.69, 9.17) is 5.11 Å². The molecule has 0 heterocycles. The molecule has 0 unspecified atom stereocenters. The fourth-order valence-electron chi connectivity index (χ4n) is 2.94. The summed E-state index contributed by atoms with van der Waals surface area (Å²) in [5.74, 6) is -0.552. The third-order valence-corrected chi connectivity index (χ3v) is 3.54. The largest absolute Gasteiger partial charge is 0.481 e. The summed E-state index contributed by atoms with van der Waals surface area (Å²) >= 11 is 0. The number of carboxylic acids is 1. The van der Waals surface area contributed by atoms with E-state index >= 15 is 0 Å². The van der Waals surface area contributed by atoms with Crippen molar-refractivity contribution in [2.45, 2.75) is 45.2 Å². The lowest BCUT2D eigenvalue weighted by atomic mass is 9.68. The lowest BCUT2D eigenvalue weighted by molar-refractivity contribution is -0.141. The Balaban J connectivity index is 2.57. The van der Waals surface area contributed by atoms with Crippen LogP contribution in [-0.4, -0.2) is 30.3 Å². The molecule has 6 heteroatoms. The number of alkyl halides is 3. The molecule has 1 saturated carbocycles. The van der Waals surface area contributed by atoms with Crippen LogP contribution in [0.25, 0.3) is 0 Å². The topological polar surface area (TPSA) is 49.3 Å². The molecular formula is C12H20F3NO2. The van der Waals surface area contributed by atoms with E-state index in [2.05, 4.69) is 5.32 Å². The standard InChI is InChI=1S/C12H20F3NO2/c1-9-3-2-4-11(5-9,6-10(17)18)7-16-8-12(13,14)15/h9,16H,2-8H2,1H3,(H,17,18)/t9-,11-/m1/s1. The van der Waals surface area contributed by atoms with Gasteiger partial charge in [-0.3, -0.25) is 4.79 Å². The van der Waals surface area contributed by atoms with Gasteiger partial charge in [-0.15, -0.1) is 0 Å². The Bertz CT molecular complexity index is 294. The van der Waals surface area contributed by atoms with Gasteiger partial charge in [-0.05, 0) is 24.2 Å². The van der Waals surface area contributed by atoms with Crippen LogP contribution in [0.15, 0.2) is 0 Å². The van der Waals surface area contributed by atoms with Crippen LogP contribution >= 0.6 is 0 Å². The van der Waals surface area contributed by atoms with Crippen molar-refractivity contribution in [2.24, 2.45) is 11.3 Å². The van der Waals surface area contributed by atoms with Crippen molar-refractivity contribution < 1.29 is 23.1 Å². The highest BCUT2D eigenvalue weighted by Gasteiger charge is 2.37. The Morgan fingerprint density at radius 3 is 2.67 bits per heavy atom. The fourth-order valence-corrected chi connectivity index (χ4v) is 2.94. The van der Waals surface area contributed by atoms with E-state index < -0.39 is 24.1 Å². The quantitative estimate of drug-likeness (QED) is 0.805. The van der Waals surface area contributed by atoms with Crippen molar-refractivity contribution in [3.63, 3.8) is 0 Å². The monoisotopic (exact) mass is 267 g/mol. The lowest BCUT2D eigenvalue weighted by Crippen LogP contribution is -2.42. The second-order valence-corrected chi connectivity index (χ2v) is 5.49. The highest BCUT2D eigenvalue weighted by atomic mass is 19.4. The van der Waals surface area contributed by atoms with Crippen LogP contribution < -0.4 is 5.32 Å². The first-order valence-electron chi connectivity index (χ1n) is 6.22. The summed E-state index contributed by atoms with van der Waals surface area (Å²) in [6.45, 7) is 1.10. The second-order valence-electron chi connectivity index (χ2n) is 5.49. The zero-order chi connectivity index (χ0) is 13.8. The molecule has 0 aliphatic heterocycles. The lowest BCUT2D eigenvalue weighted by Gasteiger charge is -2.39. The number of aliphatic carboxylic acids is 1. The first-order chi connectivity index (χ1) is 8.22. The minimum atomic E-state index is -4.25. The first kappa shape index (κ1) is 15.3. The van der Waals surface area contributed by atoms with Crippen molar-refractivity contribution in [3.8, 4) is 0 Å². The average molecular weight is 267 g/mol. The summed E-state index contributed by atoms with van der Waals surface area (Å²) < 4.78 is 36.3. The number of carboxylic acid groups (broad SMARTS) is 1. The highest BCUT2D eigenvalue weighted by Crippen LogP contribution is 2.41. The predicted molar refractivity (Wildman–Crippen MR) is 61.2 cm³/mol. The maximum atomic E-state index is 12.1. The number of hydrogen-bond donors (Lipinski definition) is 2.